The molecule has 0 radical (unpaired) electrons. The van der Waals surface area contributed by atoms with E-state index in [0.29, 0.717) is 6.04 Å². The SMILES string of the molecule is CCN1CCN(C2CCN(C[C@H](O)CN3CCOCC3)CC2)C1=O. The number of carbonyl (C=O) groups is 1. The van der Waals surface area contributed by atoms with Crippen LogP contribution in [0.1, 0.15) is 19.8 Å². The van der Waals surface area contributed by atoms with Crippen LogP contribution in [0.4, 0.5) is 4.79 Å². The molecule has 0 aromatic rings. The van der Waals surface area contributed by atoms with E-state index in [1.54, 1.807) is 0 Å². The van der Waals surface area contributed by atoms with E-state index >= 15 is 0 Å². The second-order valence-electron chi connectivity index (χ2n) is 7.15. The van der Waals surface area contributed by atoms with E-state index in [2.05, 4.69) is 14.7 Å². The number of nitrogens with zero attached hydrogens (tertiary/aromatic N) is 4. The number of amides is 2. The number of morpholine rings is 1. The van der Waals surface area contributed by atoms with Gasteiger partial charge in [-0.3, -0.25) is 4.90 Å². The number of aliphatic hydroxyl groups is 1. The predicted octanol–water partition coefficient (Wildman–Crippen LogP) is -0.0986. The van der Waals surface area contributed by atoms with Crippen molar-refractivity contribution in [2.45, 2.75) is 31.9 Å². The van der Waals surface area contributed by atoms with Gasteiger partial charge in [-0.1, -0.05) is 0 Å². The summed E-state index contributed by atoms with van der Waals surface area (Å²) >= 11 is 0. The van der Waals surface area contributed by atoms with Gasteiger partial charge in [0, 0.05) is 64.9 Å². The molecule has 3 heterocycles. The van der Waals surface area contributed by atoms with Gasteiger partial charge in [0.15, 0.2) is 0 Å². The maximum Gasteiger partial charge on any atom is 0.320 e. The maximum absolute atomic E-state index is 12.3. The van der Waals surface area contributed by atoms with Crippen molar-refractivity contribution in [1.29, 1.82) is 0 Å². The van der Waals surface area contributed by atoms with Crippen LogP contribution in [0.3, 0.4) is 0 Å². The zero-order valence-electron chi connectivity index (χ0n) is 14.9. The second kappa shape index (κ2) is 8.47. The first kappa shape index (κ1) is 17.9. The van der Waals surface area contributed by atoms with Crippen molar-refractivity contribution in [3.05, 3.63) is 0 Å². The highest BCUT2D eigenvalue weighted by Crippen LogP contribution is 2.21. The van der Waals surface area contributed by atoms with Gasteiger partial charge in [0.1, 0.15) is 0 Å². The second-order valence-corrected chi connectivity index (χ2v) is 7.15. The number of rotatable bonds is 6. The highest BCUT2D eigenvalue weighted by atomic mass is 16.5. The van der Waals surface area contributed by atoms with Gasteiger partial charge in [-0.2, -0.15) is 0 Å². The highest BCUT2D eigenvalue weighted by Gasteiger charge is 2.34. The number of carbonyl (C=O) groups excluding carboxylic acids is 1. The first-order valence-electron chi connectivity index (χ1n) is 9.43. The van der Waals surface area contributed by atoms with Crippen LogP contribution < -0.4 is 0 Å². The van der Waals surface area contributed by atoms with Gasteiger partial charge in [0.05, 0.1) is 19.3 Å². The topological polar surface area (TPSA) is 59.5 Å². The van der Waals surface area contributed by atoms with E-state index in [-0.39, 0.29) is 12.1 Å². The number of piperidine rings is 1. The quantitative estimate of drug-likeness (QED) is 0.732. The lowest BCUT2D eigenvalue weighted by Gasteiger charge is -2.38. The van der Waals surface area contributed by atoms with Crippen molar-refractivity contribution in [2.75, 3.05) is 72.1 Å². The minimum absolute atomic E-state index is 0.211. The zero-order chi connectivity index (χ0) is 16.9. The molecule has 0 aromatic carbocycles. The van der Waals surface area contributed by atoms with Gasteiger partial charge >= 0.3 is 6.03 Å². The monoisotopic (exact) mass is 340 g/mol. The minimum Gasteiger partial charge on any atom is -0.390 e. The Hall–Kier alpha value is -0.890. The van der Waals surface area contributed by atoms with Gasteiger partial charge < -0.3 is 24.5 Å². The summed E-state index contributed by atoms with van der Waals surface area (Å²) in [6, 6.07) is 0.588. The molecule has 1 N–H and O–H groups in total. The van der Waals surface area contributed by atoms with Crippen LogP contribution in [0, 0.1) is 0 Å². The number of aliphatic hydroxyl groups excluding tert-OH is 1. The fourth-order valence-electron chi connectivity index (χ4n) is 4.08. The smallest absolute Gasteiger partial charge is 0.320 e. The standard InChI is InChI=1S/C17H32N4O3/c1-2-20-7-8-21(17(20)23)15-3-5-18(6-4-15)13-16(22)14-19-9-11-24-12-10-19/h15-16,22H,2-14H2,1H3/t16-/m0/s1. The van der Waals surface area contributed by atoms with E-state index < -0.39 is 0 Å². The van der Waals surface area contributed by atoms with Gasteiger partial charge in [-0.25, -0.2) is 4.79 Å². The molecule has 3 aliphatic rings. The van der Waals surface area contributed by atoms with Crippen LogP contribution in [0.2, 0.25) is 0 Å². The molecule has 0 aromatic heterocycles. The van der Waals surface area contributed by atoms with Crippen molar-refractivity contribution in [2.24, 2.45) is 0 Å². The average Bonchev–Trinajstić information content (AvgIpc) is 2.97. The maximum atomic E-state index is 12.3. The number of β-amino-alcohol motifs (C(OH)–C–C–N with tert-alkyl or cyclic N) is 1. The number of likely N-dealkylation sites (N-methyl/N-ethyl adjacent to an activating group) is 1. The van der Waals surface area contributed by atoms with Crippen LogP contribution in [-0.2, 0) is 4.74 Å². The number of likely N-dealkylation sites (tertiary alicyclic amines) is 1. The molecule has 7 nitrogen and oxygen atoms in total. The van der Waals surface area contributed by atoms with Gasteiger partial charge in [0.2, 0.25) is 0 Å². The molecule has 1 atom stereocenters. The summed E-state index contributed by atoms with van der Waals surface area (Å²) in [6.45, 7) is 11.4. The third-order valence-electron chi connectivity index (χ3n) is 5.55. The molecule has 0 saturated carbocycles. The molecule has 3 saturated heterocycles. The first-order valence-corrected chi connectivity index (χ1v) is 9.43. The number of hydrogen-bond acceptors (Lipinski definition) is 5. The first-order chi connectivity index (χ1) is 11.7. The van der Waals surface area contributed by atoms with Gasteiger partial charge in [0.25, 0.3) is 0 Å². The summed E-state index contributed by atoms with van der Waals surface area (Å²) in [6.07, 6.45) is 1.74. The van der Waals surface area contributed by atoms with Crippen LogP contribution in [0.5, 0.6) is 0 Å². The Kier molecular flexibility index (Phi) is 6.32. The van der Waals surface area contributed by atoms with Gasteiger partial charge in [-0.05, 0) is 19.8 Å². The van der Waals surface area contributed by atoms with Crippen molar-refractivity contribution < 1.29 is 14.6 Å². The van der Waals surface area contributed by atoms with E-state index in [1.165, 1.54) is 0 Å². The Labute approximate surface area is 145 Å². The molecular formula is C17H32N4O3. The van der Waals surface area contributed by atoms with E-state index in [4.69, 9.17) is 4.74 Å². The molecule has 2 amide bonds. The lowest BCUT2D eigenvalue weighted by atomic mass is 10.0. The molecule has 0 spiro atoms. The van der Waals surface area contributed by atoms with E-state index in [0.717, 1.165) is 85.0 Å². The fourth-order valence-corrected chi connectivity index (χ4v) is 4.08. The predicted molar refractivity (Wildman–Crippen MR) is 92.1 cm³/mol. The molecule has 3 rings (SSSR count). The Balaban J connectivity index is 1.38. The number of ether oxygens (including phenoxy) is 1. The summed E-state index contributed by atoms with van der Waals surface area (Å²) in [5, 5.41) is 10.3. The van der Waals surface area contributed by atoms with Crippen molar-refractivity contribution >= 4 is 6.03 Å². The lowest BCUT2D eigenvalue weighted by Crippen LogP contribution is -2.49. The van der Waals surface area contributed by atoms with Crippen molar-refractivity contribution in [1.82, 2.24) is 19.6 Å². The van der Waals surface area contributed by atoms with Gasteiger partial charge in [-0.15, -0.1) is 0 Å². The van der Waals surface area contributed by atoms with Crippen LogP contribution in [0.25, 0.3) is 0 Å². The summed E-state index contributed by atoms with van der Waals surface area (Å²) in [7, 11) is 0. The molecule has 0 unspecified atom stereocenters. The molecule has 7 heteroatoms. The van der Waals surface area contributed by atoms with Crippen molar-refractivity contribution in [3.8, 4) is 0 Å². The normalized spacial score (nSPS) is 26.3. The average molecular weight is 340 g/mol. The highest BCUT2D eigenvalue weighted by molar-refractivity contribution is 5.76. The molecule has 3 fully saturated rings. The van der Waals surface area contributed by atoms with Crippen molar-refractivity contribution in [3.63, 3.8) is 0 Å². The van der Waals surface area contributed by atoms with Crippen LogP contribution >= 0.6 is 0 Å². The Morgan fingerprint density at radius 3 is 2.25 bits per heavy atom. The molecule has 3 aliphatic heterocycles. The van der Waals surface area contributed by atoms with Crippen LogP contribution in [0.15, 0.2) is 0 Å². The minimum atomic E-state index is -0.302. The summed E-state index contributed by atoms with van der Waals surface area (Å²) < 4.78 is 5.35. The van der Waals surface area contributed by atoms with E-state index in [9.17, 15) is 9.90 Å². The molecular weight excluding hydrogens is 308 g/mol. The fraction of sp³-hybridized carbons (Fsp3) is 0.941. The Morgan fingerprint density at radius 1 is 1.04 bits per heavy atom. The summed E-state index contributed by atoms with van der Waals surface area (Å²) in [4.78, 5) is 20.9. The lowest BCUT2D eigenvalue weighted by molar-refractivity contribution is 0.00355. The number of urea groups is 1. The summed E-state index contributed by atoms with van der Waals surface area (Å²) in [5.41, 5.74) is 0. The van der Waals surface area contributed by atoms with Crippen LogP contribution in [-0.4, -0.2) is 115 Å². The summed E-state index contributed by atoms with van der Waals surface area (Å²) in [5.74, 6) is 0. The largest absolute Gasteiger partial charge is 0.390 e. The Morgan fingerprint density at radius 2 is 1.67 bits per heavy atom. The zero-order valence-corrected chi connectivity index (χ0v) is 14.9. The Bertz CT molecular complexity index is 409. The third-order valence-corrected chi connectivity index (χ3v) is 5.55. The molecule has 138 valence electrons. The van der Waals surface area contributed by atoms with E-state index in [1.807, 2.05) is 11.8 Å². The number of hydrogen-bond donors (Lipinski definition) is 1. The third kappa shape index (κ3) is 4.39. The molecule has 0 bridgehead atoms. The molecule has 0 aliphatic carbocycles. The molecule has 24 heavy (non-hydrogen) atoms.